The summed E-state index contributed by atoms with van der Waals surface area (Å²) in [5, 5.41) is 54.9. The lowest BCUT2D eigenvalue weighted by atomic mass is 9.99. The highest BCUT2D eigenvalue weighted by molar-refractivity contribution is 5.76. The van der Waals surface area contributed by atoms with Gasteiger partial charge in [-0.15, -0.1) is 0 Å². The van der Waals surface area contributed by atoms with E-state index < -0.39 is 49.5 Å². The lowest BCUT2D eigenvalue weighted by molar-refractivity contribution is -0.302. The number of hydrogen-bond acceptors (Lipinski definition) is 8. The Hall–Kier alpha value is -1.85. The van der Waals surface area contributed by atoms with Gasteiger partial charge in [0.2, 0.25) is 5.91 Å². The van der Waals surface area contributed by atoms with Crippen LogP contribution in [-0.4, -0.2) is 87.5 Å². The van der Waals surface area contributed by atoms with Gasteiger partial charge in [-0.3, -0.25) is 4.79 Å². The number of nitrogens with one attached hydrogen (secondary N) is 1. The minimum absolute atomic E-state index is 0.134. The summed E-state index contributed by atoms with van der Waals surface area (Å²) in [5.74, 6) is -0.138. The zero-order valence-corrected chi connectivity index (χ0v) is 51.9. The van der Waals surface area contributed by atoms with Gasteiger partial charge >= 0.3 is 0 Å². The number of aliphatic hydroxyl groups is 5. The van der Waals surface area contributed by atoms with E-state index in [-0.39, 0.29) is 12.5 Å². The SMILES string of the molecule is CC/C=C\C/C=C\C/C=C\C/C=C\CCCCCCCCCCCCCCCCCCCCCCC(=O)NC(COC1OC(CO)C(O)C(O)C1O)C(O)CCCCCCCCCCCCCCCCCCCCCCCCC. The van der Waals surface area contributed by atoms with Gasteiger partial charge in [-0.1, -0.05) is 326 Å². The average Bonchev–Trinajstić information content (AvgIpc) is 3.47. The summed E-state index contributed by atoms with van der Waals surface area (Å²) in [6.07, 6.45) is 73.2. The molecule has 1 rings (SSSR count). The Labute approximate surface area is 488 Å². The fourth-order valence-corrected chi connectivity index (χ4v) is 11.1. The maximum absolute atomic E-state index is 13.1. The van der Waals surface area contributed by atoms with E-state index in [9.17, 15) is 30.3 Å². The summed E-state index contributed by atoms with van der Waals surface area (Å²) >= 11 is 0. The van der Waals surface area contributed by atoms with Gasteiger partial charge in [-0.25, -0.2) is 0 Å². The van der Waals surface area contributed by atoms with Crippen LogP contribution in [0.4, 0.5) is 0 Å². The Morgan fingerprint density at radius 2 is 0.785 bits per heavy atom. The Kier molecular flexibility index (Phi) is 56.4. The van der Waals surface area contributed by atoms with Crippen molar-refractivity contribution in [3.05, 3.63) is 48.6 Å². The van der Waals surface area contributed by atoms with Crippen LogP contribution in [0.2, 0.25) is 0 Å². The van der Waals surface area contributed by atoms with Crippen LogP contribution < -0.4 is 5.32 Å². The fraction of sp³-hybridized carbons (Fsp3) is 0.871. The first-order valence-electron chi connectivity index (χ1n) is 34.3. The smallest absolute Gasteiger partial charge is 0.220 e. The summed E-state index contributed by atoms with van der Waals surface area (Å²) < 4.78 is 11.4. The molecule has 464 valence electrons. The molecule has 9 heteroatoms. The highest BCUT2D eigenvalue weighted by Crippen LogP contribution is 2.24. The lowest BCUT2D eigenvalue weighted by Crippen LogP contribution is -2.60. The third kappa shape index (κ3) is 48.3. The van der Waals surface area contributed by atoms with Gasteiger partial charge < -0.3 is 40.3 Å². The third-order valence-corrected chi connectivity index (χ3v) is 16.4. The van der Waals surface area contributed by atoms with Crippen molar-refractivity contribution >= 4 is 5.91 Å². The van der Waals surface area contributed by atoms with Gasteiger partial charge in [0.15, 0.2) is 6.29 Å². The molecule has 0 bridgehead atoms. The number of hydrogen-bond donors (Lipinski definition) is 6. The summed E-state index contributed by atoms with van der Waals surface area (Å²) in [6, 6.07) is -0.719. The monoisotopic (exact) mass is 1110 g/mol. The van der Waals surface area contributed by atoms with E-state index in [0.29, 0.717) is 12.8 Å². The molecule has 0 aromatic rings. The molecule has 6 N–H and O–H groups in total. The molecule has 7 unspecified atom stereocenters. The Balaban J connectivity index is 2.10. The van der Waals surface area contributed by atoms with E-state index in [1.54, 1.807) is 0 Å². The number of aliphatic hydroxyl groups excluding tert-OH is 5. The minimum Gasteiger partial charge on any atom is -0.394 e. The largest absolute Gasteiger partial charge is 0.394 e. The minimum atomic E-state index is -1.55. The second kappa shape index (κ2) is 59.3. The van der Waals surface area contributed by atoms with Crippen LogP contribution >= 0.6 is 0 Å². The number of unbranched alkanes of at least 4 members (excludes halogenated alkanes) is 42. The van der Waals surface area contributed by atoms with E-state index in [2.05, 4.69) is 67.8 Å². The Bertz CT molecular complexity index is 1380. The van der Waals surface area contributed by atoms with Gasteiger partial charge in [0.25, 0.3) is 0 Å². The maximum Gasteiger partial charge on any atom is 0.220 e. The molecule has 79 heavy (non-hydrogen) atoms. The fourth-order valence-electron chi connectivity index (χ4n) is 11.1. The van der Waals surface area contributed by atoms with Crippen molar-refractivity contribution < 1.29 is 39.8 Å². The molecule has 0 saturated carbocycles. The first kappa shape index (κ1) is 75.2. The molecule has 1 heterocycles. The van der Waals surface area contributed by atoms with E-state index in [1.807, 2.05) is 0 Å². The molecular formula is C70H131NO8. The predicted octanol–water partition coefficient (Wildman–Crippen LogP) is 18.4. The first-order valence-corrected chi connectivity index (χ1v) is 34.3. The van der Waals surface area contributed by atoms with Gasteiger partial charge in [-0.2, -0.15) is 0 Å². The van der Waals surface area contributed by atoms with Crippen LogP contribution in [0, 0.1) is 0 Å². The van der Waals surface area contributed by atoms with E-state index in [0.717, 1.165) is 64.2 Å². The molecule has 7 atom stereocenters. The zero-order valence-electron chi connectivity index (χ0n) is 51.9. The number of rotatable bonds is 60. The second-order valence-electron chi connectivity index (χ2n) is 23.9. The number of ether oxygens (including phenoxy) is 2. The molecule has 0 aromatic carbocycles. The molecule has 0 radical (unpaired) electrons. The molecule has 0 aliphatic carbocycles. The highest BCUT2D eigenvalue weighted by Gasteiger charge is 2.44. The molecular weight excluding hydrogens is 983 g/mol. The van der Waals surface area contributed by atoms with Crippen molar-refractivity contribution in [1.82, 2.24) is 5.32 Å². The quantitative estimate of drug-likeness (QED) is 0.0261. The normalized spacial score (nSPS) is 18.8. The summed E-state index contributed by atoms with van der Waals surface area (Å²) in [5.41, 5.74) is 0. The average molecular weight is 1110 g/mol. The van der Waals surface area contributed by atoms with Crippen LogP contribution in [-0.2, 0) is 14.3 Å². The van der Waals surface area contributed by atoms with Crippen molar-refractivity contribution in [2.75, 3.05) is 13.2 Å². The van der Waals surface area contributed by atoms with Crippen molar-refractivity contribution in [1.29, 1.82) is 0 Å². The summed E-state index contributed by atoms with van der Waals surface area (Å²) in [4.78, 5) is 13.1. The number of carbonyl (C=O) groups is 1. The molecule has 1 amide bonds. The molecule has 1 fully saturated rings. The predicted molar refractivity (Wildman–Crippen MR) is 336 cm³/mol. The number of carbonyl (C=O) groups excluding carboxylic acids is 1. The van der Waals surface area contributed by atoms with E-state index >= 15 is 0 Å². The summed E-state index contributed by atoms with van der Waals surface area (Å²) in [7, 11) is 0. The van der Waals surface area contributed by atoms with Crippen LogP contribution in [0.1, 0.15) is 335 Å². The van der Waals surface area contributed by atoms with Crippen LogP contribution in [0.25, 0.3) is 0 Å². The molecule has 0 spiro atoms. The topological polar surface area (TPSA) is 149 Å². The zero-order chi connectivity index (χ0) is 57.2. The van der Waals surface area contributed by atoms with Crippen molar-refractivity contribution in [3.8, 4) is 0 Å². The molecule has 9 nitrogen and oxygen atoms in total. The van der Waals surface area contributed by atoms with E-state index in [1.165, 1.54) is 244 Å². The Morgan fingerprint density at radius 1 is 0.443 bits per heavy atom. The first-order chi connectivity index (χ1) is 38.8. The molecule has 1 aliphatic heterocycles. The van der Waals surface area contributed by atoms with Crippen molar-refractivity contribution in [3.63, 3.8) is 0 Å². The van der Waals surface area contributed by atoms with Crippen LogP contribution in [0.15, 0.2) is 48.6 Å². The van der Waals surface area contributed by atoms with Crippen molar-refractivity contribution in [2.45, 2.75) is 378 Å². The standard InChI is InChI=1S/C70H131NO8/c1-3-5-7-9-11-13-15-17-19-21-23-25-27-28-29-30-31-32-33-34-35-36-38-40-42-44-46-48-50-52-54-56-58-60-66(74)71-63(62-78-70-69(77)68(76)67(75)65(61-72)79-70)64(73)59-57-55-53-51-49-47-45-43-41-39-37-26-24-22-20-18-16-14-12-10-8-6-4-2/h5,7,11,13,17,19,23,25,63-65,67-70,72-73,75-77H,3-4,6,8-10,12,14-16,18,20-22,24,26-62H2,1-2H3,(H,71,74)/b7-5-,13-11-,19-17-,25-23-. The second-order valence-corrected chi connectivity index (χ2v) is 23.9. The summed E-state index contributed by atoms with van der Waals surface area (Å²) in [6.45, 7) is 3.77. The van der Waals surface area contributed by atoms with Gasteiger partial charge in [0.1, 0.15) is 24.4 Å². The third-order valence-electron chi connectivity index (χ3n) is 16.4. The van der Waals surface area contributed by atoms with Crippen LogP contribution in [0.5, 0.6) is 0 Å². The number of amides is 1. The van der Waals surface area contributed by atoms with Crippen LogP contribution in [0.3, 0.4) is 0 Å². The van der Waals surface area contributed by atoms with Gasteiger partial charge in [0, 0.05) is 6.42 Å². The van der Waals surface area contributed by atoms with Gasteiger partial charge in [-0.05, 0) is 51.4 Å². The Morgan fingerprint density at radius 3 is 1.16 bits per heavy atom. The highest BCUT2D eigenvalue weighted by atomic mass is 16.7. The molecule has 0 aromatic heterocycles. The van der Waals surface area contributed by atoms with Gasteiger partial charge in [0.05, 0.1) is 25.4 Å². The molecule has 1 saturated heterocycles. The molecule has 1 aliphatic rings. The number of allylic oxidation sites excluding steroid dienone is 8. The maximum atomic E-state index is 13.1. The lowest BCUT2D eigenvalue weighted by Gasteiger charge is -2.40. The van der Waals surface area contributed by atoms with Crippen molar-refractivity contribution in [2.24, 2.45) is 0 Å². The van der Waals surface area contributed by atoms with E-state index in [4.69, 9.17) is 9.47 Å².